The lowest BCUT2D eigenvalue weighted by Crippen LogP contribution is -2.58. The topological polar surface area (TPSA) is 66.4 Å². The zero-order valence-corrected chi connectivity index (χ0v) is 16.4. The summed E-state index contributed by atoms with van der Waals surface area (Å²) < 4.78 is 0. The van der Waals surface area contributed by atoms with Crippen LogP contribution in [-0.4, -0.2) is 23.0 Å². The minimum Gasteiger partial charge on any atom is -0.481 e. The van der Waals surface area contributed by atoms with Crippen molar-refractivity contribution < 1.29 is 14.7 Å². The molecule has 27 heavy (non-hydrogen) atoms. The second kappa shape index (κ2) is 6.96. The number of amides is 1. The van der Waals surface area contributed by atoms with Crippen LogP contribution in [0.15, 0.2) is 24.3 Å². The van der Waals surface area contributed by atoms with E-state index < -0.39 is 11.4 Å². The number of carboxylic acids is 1. The highest BCUT2D eigenvalue weighted by atomic mass is 16.4. The molecule has 4 fully saturated rings. The van der Waals surface area contributed by atoms with E-state index in [4.69, 9.17) is 5.11 Å². The Balaban J connectivity index is 1.46. The third-order valence-corrected chi connectivity index (χ3v) is 7.37. The zero-order chi connectivity index (χ0) is 19.2. The fraction of sp³-hybridized carbons (Fsp3) is 0.652. The smallest absolute Gasteiger partial charge is 0.303 e. The van der Waals surface area contributed by atoms with Crippen LogP contribution in [0.4, 0.5) is 0 Å². The van der Waals surface area contributed by atoms with Crippen LogP contribution in [-0.2, 0) is 21.4 Å². The van der Waals surface area contributed by atoms with Crippen LogP contribution in [0.25, 0.3) is 0 Å². The number of rotatable bonds is 6. The Labute approximate surface area is 161 Å². The van der Waals surface area contributed by atoms with Crippen LogP contribution in [0.2, 0.25) is 0 Å². The summed E-state index contributed by atoms with van der Waals surface area (Å²) in [5, 5.41) is 12.3. The summed E-state index contributed by atoms with van der Waals surface area (Å²) in [4.78, 5) is 24.1. The number of aryl methyl sites for hydroxylation is 1. The summed E-state index contributed by atoms with van der Waals surface area (Å²) in [6.45, 7) is 3.96. The fourth-order valence-electron chi connectivity index (χ4n) is 5.99. The van der Waals surface area contributed by atoms with E-state index >= 15 is 0 Å². The molecule has 4 saturated carbocycles. The highest BCUT2D eigenvalue weighted by Crippen LogP contribution is 2.53. The standard InChI is InChI=1S/C23H31NO3/c1-23(2,19-5-3-4-14(13-19)6-7-20(25)26)22(27)24-21-17-9-15-8-16(11-17)12-18(21)10-15/h3-5,13,15-18,21H,6-12H2,1-2H3,(H,24,27)(H,25,26). The first-order valence-corrected chi connectivity index (χ1v) is 10.4. The highest BCUT2D eigenvalue weighted by molar-refractivity contribution is 5.87. The minimum absolute atomic E-state index is 0.107. The summed E-state index contributed by atoms with van der Waals surface area (Å²) in [5.74, 6) is 2.46. The van der Waals surface area contributed by atoms with Crippen molar-refractivity contribution in [3.63, 3.8) is 0 Å². The molecule has 4 aliphatic rings. The molecule has 1 aromatic carbocycles. The van der Waals surface area contributed by atoms with Crippen molar-refractivity contribution in [2.24, 2.45) is 23.7 Å². The first-order valence-electron chi connectivity index (χ1n) is 10.4. The average molecular weight is 370 g/mol. The first-order chi connectivity index (χ1) is 12.8. The predicted molar refractivity (Wildman–Crippen MR) is 104 cm³/mol. The van der Waals surface area contributed by atoms with E-state index in [1.165, 1.54) is 32.1 Å². The summed E-state index contributed by atoms with van der Waals surface area (Å²) in [6, 6.07) is 8.21. The second-order valence-corrected chi connectivity index (χ2v) is 9.65. The summed E-state index contributed by atoms with van der Waals surface area (Å²) in [5.41, 5.74) is 1.32. The van der Waals surface area contributed by atoms with E-state index in [0.29, 0.717) is 24.3 Å². The Hall–Kier alpha value is -1.84. The van der Waals surface area contributed by atoms with E-state index in [2.05, 4.69) is 5.32 Å². The Morgan fingerprint density at radius 3 is 2.30 bits per heavy atom. The van der Waals surface area contributed by atoms with Crippen LogP contribution >= 0.6 is 0 Å². The van der Waals surface area contributed by atoms with E-state index in [-0.39, 0.29) is 12.3 Å². The van der Waals surface area contributed by atoms with Gasteiger partial charge in [-0.2, -0.15) is 0 Å². The number of carbonyl (C=O) groups is 2. The second-order valence-electron chi connectivity index (χ2n) is 9.65. The lowest BCUT2D eigenvalue weighted by Gasteiger charge is -2.54. The summed E-state index contributed by atoms with van der Waals surface area (Å²) >= 11 is 0. The van der Waals surface area contributed by atoms with Gasteiger partial charge in [-0.3, -0.25) is 9.59 Å². The molecule has 0 atom stereocenters. The number of hydrogen-bond donors (Lipinski definition) is 2. The van der Waals surface area contributed by atoms with E-state index in [1.54, 1.807) is 0 Å². The van der Waals surface area contributed by atoms with Gasteiger partial charge in [0, 0.05) is 12.5 Å². The largest absolute Gasteiger partial charge is 0.481 e. The van der Waals surface area contributed by atoms with Gasteiger partial charge in [-0.1, -0.05) is 24.3 Å². The lowest BCUT2D eigenvalue weighted by atomic mass is 9.54. The van der Waals surface area contributed by atoms with Crippen molar-refractivity contribution in [3.05, 3.63) is 35.4 Å². The van der Waals surface area contributed by atoms with Crippen molar-refractivity contribution in [2.75, 3.05) is 0 Å². The highest BCUT2D eigenvalue weighted by Gasteiger charge is 2.49. The Morgan fingerprint density at radius 2 is 1.70 bits per heavy atom. The predicted octanol–water partition coefficient (Wildman–Crippen LogP) is 3.92. The number of carboxylic acid groups (broad SMARTS) is 1. The Bertz CT molecular complexity index is 711. The molecule has 0 heterocycles. The number of carbonyl (C=O) groups excluding carboxylic acids is 1. The average Bonchev–Trinajstić information content (AvgIpc) is 2.62. The minimum atomic E-state index is -0.792. The molecule has 1 aromatic rings. The molecule has 0 saturated heterocycles. The van der Waals surface area contributed by atoms with E-state index in [0.717, 1.165) is 23.0 Å². The molecule has 0 aliphatic heterocycles. The lowest BCUT2D eigenvalue weighted by molar-refractivity contribution is -0.137. The van der Waals surface area contributed by atoms with Crippen molar-refractivity contribution in [2.45, 2.75) is 70.3 Å². The van der Waals surface area contributed by atoms with Gasteiger partial charge in [0.15, 0.2) is 0 Å². The van der Waals surface area contributed by atoms with Crippen LogP contribution in [0.1, 0.15) is 63.5 Å². The molecule has 4 heteroatoms. The maximum Gasteiger partial charge on any atom is 0.303 e. The molecular formula is C23H31NO3. The van der Waals surface area contributed by atoms with E-state index in [9.17, 15) is 9.59 Å². The number of aliphatic carboxylic acids is 1. The number of hydrogen-bond acceptors (Lipinski definition) is 2. The SMILES string of the molecule is CC(C)(C(=O)NC1C2CC3CC(C2)CC1C3)c1cccc(CCC(=O)O)c1. The maximum atomic E-state index is 13.2. The molecule has 0 spiro atoms. The van der Waals surface area contributed by atoms with Gasteiger partial charge in [0.05, 0.1) is 5.41 Å². The van der Waals surface area contributed by atoms with E-state index in [1.807, 2.05) is 38.1 Å². The van der Waals surface area contributed by atoms with Gasteiger partial charge in [0.1, 0.15) is 0 Å². The molecule has 2 N–H and O–H groups in total. The third kappa shape index (κ3) is 3.63. The van der Waals surface area contributed by atoms with Crippen molar-refractivity contribution in [1.82, 2.24) is 5.32 Å². The van der Waals surface area contributed by atoms with Crippen molar-refractivity contribution in [3.8, 4) is 0 Å². The number of nitrogens with one attached hydrogen (secondary N) is 1. The van der Waals surface area contributed by atoms with Crippen molar-refractivity contribution >= 4 is 11.9 Å². The summed E-state index contributed by atoms with van der Waals surface area (Å²) in [6.07, 6.45) is 7.21. The monoisotopic (exact) mass is 369 g/mol. The third-order valence-electron chi connectivity index (χ3n) is 7.37. The fourth-order valence-corrected chi connectivity index (χ4v) is 5.99. The molecule has 146 valence electrons. The van der Waals surface area contributed by atoms with Gasteiger partial charge >= 0.3 is 5.97 Å². The zero-order valence-electron chi connectivity index (χ0n) is 16.4. The van der Waals surface area contributed by atoms with Crippen LogP contribution in [0.5, 0.6) is 0 Å². The van der Waals surface area contributed by atoms with Gasteiger partial charge < -0.3 is 10.4 Å². The Kier molecular flexibility index (Phi) is 4.77. The molecule has 5 rings (SSSR count). The summed E-state index contributed by atoms with van der Waals surface area (Å²) in [7, 11) is 0. The van der Waals surface area contributed by atoms with Crippen LogP contribution in [0, 0.1) is 23.7 Å². The van der Waals surface area contributed by atoms with Gasteiger partial charge in [-0.25, -0.2) is 0 Å². The van der Waals surface area contributed by atoms with Gasteiger partial charge in [-0.15, -0.1) is 0 Å². The molecular weight excluding hydrogens is 338 g/mol. The van der Waals surface area contributed by atoms with Gasteiger partial charge in [-0.05, 0) is 87.2 Å². The molecule has 4 bridgehead atoms. The molecule has 1 amide bonds. The molecule has 4 nitrogen and oxygen atoms in total. The van der Waals surface area contributed by atoms with Gasteiger partial charge in [0.2, 0.25) is 5.91 Å². The van der Waals surface area contributed by atoms with Crippen LogP contribution < -0.4 is 5.32 Å². The Morgan fingerprint density at radius 1 is 1.07 bits per heavy atom. The van der Waals surface area contributed by atoms with Gasteiger partial charge in [0.25, 0.3) is 0 Å². The first kappa shape index (κ1) is 18.5. The molecule has 0 aromatic heterocycles. The normalized spacial score (nSPS) is 31.7. The quantitative estimate of drug-likeness (QED) is 0.799. The van der Waals surface area contributed by atoms with Crippen molar-refractivity contribution in [1.29, 1.82) is 0 Å². The molecule has 0 unspecified atom stereocenters. The molecule has 4 aliphatic carbocycles. The van der Waals surface area contributed by atoms with Crippen LogP contribution in [0.3, 0.4) is 0 Å². The molecule has 0 radical (unpaired) electrons. The number of benzene rings is 1. The maximum absolute atomic E-state index is 13.2.